The highest BCUT2D eigenvalue weighted by atomic mass is 35.5. The molecule has 0 unspecified atom stereocenters. The van der Waals surface area contributed by atoms with Crippen LogP contribution in [0.1, 0.15) is 23.7 Å². The maximum absolute atomic E-state index is 12.2. The Morgan fingerprint density at radius 3 is 2.88 bits per heavy atom. The summed E-state index contributed by atoms with van der Waals surface area (Å²) in [4.78, 5) is 14.5. The quantitative estimate of drug-likeness (QED) is 0.657. The van der Waals surface area contributed by atoms with Crippen LogP contribution in [0.2, 0.25) is 5.02 Å². The van der Waals surface area contributed by atoms with Gasteiger partial charge in [0, 0.05) is 11.4 Å². The van der Waals surface area contributed by atoms with Gasteiger partial charge in [-0.2, -0.15) is 0 Å². The predicted molar refractivity (Wildman–Crippen MR) is 73.7 cm³/mol. The standard InChI is InChI=1S/C13H14ClNOS/c1-3-7-15(8-4-2)13(16)11-9-10(17)5-6-12(11)14/h1,5-6,9,17H,4,7-8H2,2H3. The molecule has 1 aromatic carbocycles. The molecule has 0 aromatic heterocycles. The summed E-state index contributed by atoms with van der Waals surface area (Å²) < 4.78 is 0. The number of carbonyl (C=O) groups is 1. The Morgan fingerprint density at radius 2 is 2.29 bits per heavy atom. The summed E-state index contributed by atoms with van der Waals surface area (Å²) in [5.74, 6) is 2.33. The number of carbonyl (C=O) groups excluding carboxylic acids is 1. The van der Waals surface area contributed by atoms with Gasteiger partial charge in [-0.15, -0.1) is 19.1 Å². The molecule has 17 heavy (non-hydrogen) atoms. The molecular weight excluding hydrogens is 254 g/mol. The topological polar surface area (TPSA) is 20.3 Å². The van der Waals surface area contributed by atoms with Crippen LogP contribution in [0.5, 0.6) is 0 Å². The van der Waals surface area contributed by atoms with E-state index in [1.54, 1.807) is 23.1 Å². The molecule has 1 amide bonds. The minimum absolute atomic E-state index is 0.147. The minimum atomic E-state index is -0.147. The highest BCUT2D eigenvalue weighted by Gasteiger charge is 2.17. The third-order valence-corrected chi connectivity index (χ3v) is 2.85. The lowest BCUT2D eigenvalue weighted by Gasteiger charge is -2.20. The van der Waals surface area contributed by atoms with Crippen molar-refractivity contribution in [3.05, 3.63) is 28.8 Å². The minimum Gasteiger partial charge on any atom is -0.327 e. The monoisotopic (exact) mass is 267 g/mol. The Hall–Kier alpha value is -1.11. The molecule has 0 radical (unpaired) electrons. The molecule has 0 N–H and O–H groups in total. The van der Waals surface area contributed by atoms with Gasteiger partial charge >= 0.3 is 0 Å². The van der Waals surface area contributed by atoms with Crippen molar-refractivity contribution in [2.75, 3.05) is 13.1 Å². The Labute approximate surface area is 112 Å². The van der Waals surface area contributed by atoms with Gasteiger partial charge in [-0.05, 0) is 24.6 Å². The summed E-state index contributed by atoms with van der Waals surface area (Å²) in [5.41, 5.74) is 0.447. The number of thiol groups is 1. The molecule has 0 aliphatic heterocycles. The zero-order valence-electron chi connectivity index (χ0n) is 9.61. The Morgan fingerprint density at radius 1 is 1.59 bits per heavy atom. The van der Waals surface area contributed by atoms with E-state index in [0.29, 0.717) is 28.6 Å². The molecule has 0 saturated heterocycles. The lowest BCUT2D eigenvalue weighted by molar-refractivity contribution is 0.0777. The average molecular weight is 268 g/mol. The fraction of sp³-hybridized carbons (Fsp3) is 0.308. The fourth-order valence-corrected chi connectivity index (χ4v) is 1.88. The van der Waals surface area contributed by atoms with Gasteiger partial charge in [0.15, 0.2) is 0 Å². The van der Waals surface area contributed by atoms with Crippen molar-refractivity contribution < 1.29 is 4.79 Å². The average Bonchev–Trinajstić information content (AvgIpc) is 2.31. The molecule has 2 nitrogen and oxygen atoms in total. The second-order valence-electron chi connectivity index (χ2n) is 3.59. The SMILES string of the molecule is C#CCN(CCC)C(=O)c1cc(S)ccc1Cl. The van der Waals surface area contributed by atoms with E-state index in [1.165, 1.54) is 0 Å². The second-order valence-corrected chi connectivity index (χ2v) is 4.52. The normalized spacial score (nSPS) is 9.76. The first-order chi connectivity index (χ1) is 8.10. The van der Waals surface area contributed by atoms with Crippen LogP contribution in [0.15, 0.2) is 23.1 Å². The summed E-state index contributed by atoms with van der Waals surface area (Å²) in [7, 11) is 0. The molecule has 1 aromatic rings. The van der Waals surface area contributed by atoms with Gasteiger partial charge < -0.3 is 4.90 Å². The third kappa shape index (κ3) is 3.69. The van der Waals surface area contributed by atoms with Gasteiger partial charge in [0.25, 0.3) is 5.91 Å². The van der Waals surface area contributed by atoms with E-state index in [0.717, 1.165) is 6.42 Å². The molecule has 0 spiro atoms. The zero-order chi connectivity index (χ0) is 12.8. The largest absolute Gasteiger partial charge is 0.327 e. The molecule has 0 atom stereocenters. The number of amides is 1. The number of benzene rings is 1. The summed E-state index contributed by atoms with van der Waals surface area (Å²) in [5, 5.41) is 0.422. The van der Waals surface area contributed by atoms with E-state index in [2.05, 4.69) is 18.5 Å². The van der Waals surface area contributed by atoms with Crippen molar-refractivity contribution >= 4 is 30.1 Å². The first-order valence-electron chi connectivity index (χ1n) is 5.31. The van der Waals surface area contributed by atoms with Gasteiger partial charge in [0.05, 0.1) is 17.1 Å². The van der Waals surface area contributed by atoms with Gasteiger partial charge in [-0.25, -0.2) is 0 Å². The summed E-state index contributed by atoms with van der Waals surface area (Å²) in [6.07, 6.45) is 6.10. The maximum Gasteiger partial charge on any atom is 0.256 e. The number of rotatable bonds is 4. The molecule has 1 rings (SSSR count). The molecule has 0 aliphatic carbocycles. The number of hydrogen-bond acceptors (Lipinski definition) is 2. The Bertz CT molecular complexity index is 453. The van der Waals surface area contributed by atoms with E-state index < -0.39 is 0 Å². The Balaban J connectivity index is 3.00. The second kappa shape index (κ2) is 6.58. The molecule has 0 saturated carbocycles. The predicted octanol–water partition coefficient (Wildman–Crippen LogP) is 3.11. The number of terminal acetylenes is 1. The highest BCUT2D eigenvalue weighted by Crippen LogP contribution is 2.21. The summed E-state index contributed by atoms with van der Waals surface area (Å²) in [6, 6.07) is 5.07. The van der Waals surface area contributed by atoms with Crippen molar-refractivity contribution in [3.8, 4) is 12.3 Å². The zero-order valence-corrected chi connectivity index (χ0v) is 11.3. The van der Waals surface area contributed by atoms with E-state index >= 15 is 0 Å². The van der Waals surface area contributed by atoms with Gasteiger partial charge in [-0.3, -0.25) is 4.79 Å². The highest BCUT2D eigenvalue weighted by molar-refractivity contribution is 7.80. The van der Waals surface area contributed by atoms with Crippen LogP contribution in [-0.2, 0) is 0 Å². The summed E-state index contributed by atoms with van der Waals surface area (Å²) in [6.45, 7) is 2.91. The fourth-order valence-electron chi connectivity index (χ4n) is 1.48. The lowest BCUT2D eigenvalue weighted by atomic mass is 10.2. The third-order valence-electron chi connectivity index (χ3n) is 2.24. The van der Waals surface area contributed by atoms with Crippen molar-refractivity contribution in [1.29, 1.82) is 0 Å². The molecule has 90 valence electrons. The van der Waals surface area contributed by atoms with Crippen molar-refractivity contribution in [1.82, 2.24) is 4.90 Å². The van der Waals surface area contributed by atoms with Crippen LogP contribution >= 0.6 is 24.2 Å². The van der Waals surface area contributed by atoms with Crippen molar-refractivity contribution in [2.45, 2.75) is 18.2 Å². The van der Waals surface area contributed by atoms with Crippen LogP contribution in [0, 0.1) is 12.3 Å². The maximum atomic E-state index is 12.2. The van der Waals surface area contributed by atoms with E-state index in [9.17, 15) is 4.79 Å². The number of nitrogens with zero attached hydrogens (tertiary/aromatic N) is 1. The molecule has 0 fully saturated rings. The first kappa shape index (κ1) is 14.0. The summed E-state index contributed by atoms with van der Waals surface area (Å²) >= 11 is 10.2. The van der Waals surface area contributed by atoms with Crippen LogP contribution in [0.4, 0.5) is 0 Å². The van der Waals surface area contributed by atoms with Crippen molar-refractivity contribution in [3.63, 3.8) is 0 Å². The molecule has 0 aliphatic rings. The molecule has 4 heteroatoms. The van der Waals surface area contributed by atoms with E-state index in [-0.39, 0.29) is 5.91 Å². The van der Waals surface area contributed by atoms with Gasteiger partial charge in [0.2, 0.25) is 0 Å². The molecule has 0 heterocycles. The number of hydrogen-bond donors (Lipinski definition) is 1. The van der Waals surface area contributed by atoms with E-state index in [4.69, 9.17) is 18.0 Å². The van der Waals surface area contributed by atoms with E-state index in [1.807, 2.05) is 6.92 Å². The van der Waals surface area contributed by atoms with Gasteiger partial charge in [-0.1, -0.05) is 24.4 Å². The van der Waals surface area contributed by atoms with Crippen LogP contribution in [0.3, 0.4) is 0 Å². The molecule has 0 bridgehead atoms. The van der Waals surface area contributed by atoms with Crippen LogP contribution in [-0.4, -0.2) is 23.9 Å². The van der Waals surface area contributed by atoms with Crippen LogP contribution in [0.25, 0.3) is 0 Å². The van der Waals surface area contributed by atoms with Crippen LogP contribution < -0.4 is 0 Å². The Kier molecular flexibility index (Phi) is 5.40. The first-order valence-corrected chi connectivity index (χ1v) is 6.14. The molecular formula is C13H14ClNOS. The number of halogens is 1. The van der Waals surface area contributed by atoms with Gasteiger partial charge in [0.1, 0.15) is 0 Å². The lowest BCUT2D eigenvalue weighted by Crippen LogP contribution is -2.32. The smallest absolute Gasteiger partial charge is 0.256 e. The van der Waals surface area contributed by atoms with Crippen molar-refractivity contribution in [2.24, 2.45) is 0 Å².